The molecule has 0 spiro atoms. The average molecular weight is 343 g/mol. The summed E-state index contributed by atoms with van der Waals surface area (Å²) in [5, 5.41) is 10.5. The van der Waals surface area contributed by atoms with Crippen molar-refractivity contribution in [3.8, 4) is 0 Å². The minimum atomic E-state index is -0.792. The van der Waals surface area contributed by atoms with Crippen molar-refractivity contribution >= 4 is 5.91 Å². The first-order valence-corrected chi connectivity index (χ1v) is 8.85. The van der Waals surface area contributed by atoms with E-state index in [-0.39, 0.29) is 30.2 Å². The Balaban J connectivity index is 1.46. The summed E-state index contributed by atoms with van der Waals surface area (Å²) in [5.41, 5.74) is 1.74. The quantitative estimate of drug-likeness (QED) is 0.906. The van der Waals surface area contributed by atoms with Gasteiger partial charge in [0, 0.05) is 36.8 Å². The fourth-order valence-corrected chi connectivity index (χ4v) is 3.60. The molecule has 6 heteroatoms. The SMILES string of the molecule is O=C(C1CCn2cncc2C1)N(CC(O)c1ccc(F)cc1)C1CC1. The number of rotatable bonds is 5. The molecule has 2 atom stereocenters. The number of carbonyl (C=O) groups is 1. The zero-order valence-electron chi connectivity index (χ0n) is 14.0. The number of aryl methyl sites for hydroxylation is 1. The van der Waals surface area contributed by atoms with Crippen molar-refractivity contribution in [2.24, 2.45) is 5.92 Å². The first-order chi connectivity index (χ1) is 12.1. The van der Waals surface area contributed by atoms with Gasteiger partial charge < -0.3 is 14.6 Å². The molecule has 1 aromatic heterocycles. The van der Waals surface area contributed by atoms with Crippen LogP contribution in [-0.2, 0) is 17.8 Å². The first kappa shape index (κ1) is 16.3. The maximum absolute atomic E-state index is 13.1. The summed E-state index contributed by atoms with van der Waals surface area (Å²) < 4.78 is 15.2. The normalized spacial score (nSPS) is 20.8. The van der Waals surface area contributed by atoms with Crippen molar-refractivity contribution in [2.75, 3.05) is 6.54 Å². The molecule has 1 N–H and O–H groups in total. The predicted molar refractivity (Wildman–Crippen MR) is 90.1 cm³/mol. The Bertz CT molecular complexity index is 754. The highest BCUT2D eigenvalue weighted by atomic mass is 19.1. The lowest BCUT2D eigenvalue weighted by molar-refractivity contribution is -0.138. The van der Waals surface area contributed by atoms with Crippen molar-refractivity contribution in [3.63, 3.8) is 0 Å². The molecule has 2 unspecified atom stereocenters. The number of imidazole rings is 1. The third-order valence-electron chi connectivity index (χ3n) is 5.22. The van der Waals surface area contributed by atoms with Crippen molar-refractivity contribution in [1.82, 2.24) is 14.5 Å². The number of amides is 1. The third-order valence-corrected chi connectivity index (χ3v) is 5.22. The number of aromatic nitrogens is 2. The lowest BCUT2D eigenvalue weighted by Crippen LogP contribution is -2.42. The van der Waals surface area contributed by atoms with Crippen molar-refractivity contribution in [3.05, 3.63) is 53.9 Å². The van der Waals surface area contributed by atoms with Gasteiger partial charge in [0.1, 0.15) is 5.82 Å². The Morgan fingerprint density at radius 1 is 1.32 bits per heavy atom. The maximum Gasteiger partial charge on any atom is 0.226 e. The second kappa shape index (κ2) is 6.59. The van der Waals surface area contributed by atoms with Crippen LogP contribution in [0.4, 0.5) is 4.39 Å². The summed E-state index contributed by atoms with van der Waals surface area (Å²) in [6.07, 6.45) is 6.34. The Hall–Kier alpha value is -2.21. The van der Waals surface area contributed by atoms with Crippen LogP contribution in [0.2, 0.25) is 0 Å². The fourth-order valence-electron chi connectivity index (χ4n) is 3.60. The number of hydrogen-bond donors (Lipinski definition) is 1. The number of fused-ring (bicyclic) bond motifs is 1. The van der Waals surface area contributed by atoms with Gasteiger partial charge in [-0.1, -0.05) is 12.1 Å². The number of aliphatic hydroxyl groups is 1. The molecule has 1 aliphatic carbocycles. The number of aliphatic hydroxyl groups excluding tert-OH is 1. The van der Waals surface area contributed by atoms with Crippen LogP contribution in [0, 0.1) is 11.7 Å². The Morgan fingerprint density at radius 2 is 2.08 bits per heavy atom. The molecule has 2 aromatic rings. The van der Waals surface area contributed by atoms with Gasteiger partial charge in [0.2, 0.25) is 5.91 Å². The molecule has 1 saturated carbocycles. The molecule has 1 aliphatic heterocycles. The number of halogens is 1. The van der Waals surface area contributed by atoms with Gasteiger partial charge in [-0.05, 0) is 37.0 Å². The van der Waals surface area contributed by atoms with Crippen LogP contribution in [0.3, 0.4) is 0 Å². The van der Waals surface area contributed by atoms with E-state index in [1.807, 2.05) is 17.4 Å². The van der Waals surface area contributed by atoms with Gasteiger partial charge in [-0.15, -0.1) is 0 Å². The van der Waals surface area contributed by atoms with E-state index in [4.69, 9.17) is 0 Å². The van der Waals surface area contributed by atoms with Crippen molar-refractivity contribution in [2.45, 2.75) is 44.4 Å². The molecular weight excluding hydrogens is 321 g/mol. The molecule has 0 radical (unpaired) electrons. The molecule has 1 aromatic carbocycles. The van der Waals surface area contributed by atoms with Crippen LogP contribution in [0.1, 0.15) is 36.6 Å². The van der Waals surface area contributed by atoms with Crippen LogP contribution in [-0.4, -0.2) is 38.1 Å². The van der Waals surface area contributed by atoms with Crippen LogP contribution in [0.15, 0.2) is 36.8 Å². The zero-order valence-corrected chi connectivity index (χ0v) is 14.0. The van der Waals surface area contributed by atoms with Gasteiger partial charge in [-0.25, -0.2) is 9.37 Å². The average Bonchev–Trinajstić information content (AvgIpc) is 3.35. The van der Waals surface area contributed by atoms with E-state index >= 15 is 0 Å². The lowest BCUT2D eigenvalue weighted by Gasteiger charge is -2.31. The van der Waals surface area contributed by atoms with E-state index in [0.717, 1.165) is 31.5 Å². The zero-order chi connectivity index (χ0) is 17.4. The molecule has 132 valence electrons. The largest absolute Gasteiger partial charge is 0.387 e. The van der Waals surface area contributed by atoms with Crippen LogP contribution in [0.25, 0.3) is 0 Å². The third kappa shape index (κ3) is 3.44. The molecule has 25 heavy (non-hydrogen) atoms. The molecule has 2 aliphatic rings. The van der Waals surface area contributed by atoms with Crippen LogP contribution < -0.4 is 0 Å². The maximum atomic E-state index is 13.1. The van der Waals surface area contributed by atoms with Crippen LogP contribution >= 0.6 is 0 Å². The highest BCUT2D eigenvalue weighted by Crippen LogP contribution is 2.32. The number of hydrogen-bond acceptors (Lipinski definition) is 3. The van der Waals surface area contributed by atoms with Crippen molar-refractivity contribution in [1.29, 1.82) is 0 Å². The van der Waals surface area contributed by atoms with Gasteiger partial charge in [-0.3, -0.25) is 4.79 Å². The van der Waals surface area contributed by atoms with Gasteiger partial charge in [0.25, 0.3) is 0 Å². The smallest absolute Gasteiger partial charge is 0.226 e. The van der Waals surface area contributed by atoms with E-state index in [9.17, 15) is 14.3 Å². The second-order valence-electron chi connectivity index (χ2n) is 7.06. The Labute approximate surface area is 146 Å². The summed E-state index contributed by atoms with van der Waals surface area (Å²) >= 11 is 0. The van der Waals surface area contributed by atoms with Gasteiger partial charge in [-0.2, -0.15) is 0 Å². The highest BCUT2D eigenvalue weighted by molar-refractivity contribution is 5.80. The van der Waals surface area contributed by atoms with Gasteiger partial charge >= 0.3 is 0 Å². The minimum Gasteiger partial charge on any atom is -0.387 e. The molecule has 1 amide bonds. The number of benzene rings is 1. The summed E-state index contributed by atoms with van der Waals surface area (Å²) in [6, 6.07) is 6.06. The van der Waals surface area contributed by atoms with Gasteiger partial charge in [0.05, 0.1) is 19.0 Å². The topological polar surface area (TPSA) is 58.4 Å². The molecule has 2 heterocycles. The predicted octanol–water partition coefficient (Wildman–Crippen LogP) is 2.31. The van der Waals surface area contributed by atoms with E-state index < -0.39 is 6.10 Å². The summed E-state index contributed by atoms with van der Waals surface area (Å²) in [7, 11) is 0. The Kier molecular flexibility index (Phi) is 4.29. The first-order valence-electron chi connectivity index (χ1n) is 8.85. The van der Waals surface area contributed by atoms with Crippen LogP contribution in [0.5, 0.6) is 0 Å². The van der Waals surface area contributed by atoms with E-state index in [2.05, 4.69) is 9.55 Å². The summed E-state index contributed by atoms with van der Waals surface area (Å²) in [6.45, 7) is 1.08. The van der Waals surface area contributed by atoms with E-state index in [0.29, 0.717) is 12.0 Å². The number of carbonyl (C=O) groups excluding carboxylic acids is 1. The molecule has 5 nitrogen and oxygen atoms in total. The van der Waals surface area contributed by atoms with Crippen molar-refractivity contribution < 1.29 is 14.3 Å². The summed E-state index contributed by atoms with van der Waals surface area (Å²) in [5.74, 6) is -0.258. The highest BCUT2D eigenvalue weighted by Gasteiger charge is 2.38. The molecular formula is C19H22FN3O2. The van der Waals surface area contributed by atoms with E-state index in [1.165, 1.54) is 12.1 Å². The van der Waals surface area contributed by atoms with E-state index in [1.54, 1.807) is 12.1 Å². The molecule has 4 rings (SSSR count). The fraction of sp³-hybridized carbons (Fsp3) is 0.474. The Morgan fingerprint density at radius 3 is 2.80 bits per heavy atom. The standard InChI is InChI=1S/C19H22FN3O2/c20-15-3-1-13(2-4-15)18(24)11-23(16-5-6-16)19(25)14-7-8-22-12-21-10-17(22)9-14/h1-4,10,12,14,16,18,24H,5-9,11H2. The molecule has 0 saturated heterocycles. The summed E-state index contributed by atoms with van der Waals surface area (Å²) in [4.78, 5) is 19.0. The monoisotopic (exact) mass is 343 g/mol. The molecule has 0 bridgehead atoms. The lowest BCUT2D eigenvalue weighted by atomic mass is 9.94. The molecule has 1 fully saturated rings. The second-order valence-corrected chi connectivity index (χ2v) is 7.06. The van der Waals surface area contributed by atoms with Gasteiger partial charge in [0.15, 0.2) is 0 Å². The number of nitrogens with zero attached hydrogens (tertiary/aromatic N) is 3. The minimum absolute atomic E-state index is 0.0507.